The fraction of sp³-hybridized carbons (Fsp3) is 0.406. The van der Waals surface area contributed by atoms with Gasteiger partial charge in [-0.05, 0) is 53.2 Å². The third-order valence-corrected chi connectivity index (χ3v) is 6.26. The number of halogens is 1. The number of benzene rings is 2. The first kappa shape index (κ1) is 34.7. The largest absolute Gasteiger partial charge is 0.464 e. The lowest BCUT2D eigenvalue weighted by Gasteiger charge is -2.29. The summed E-state index contributed by atoms with van der Waals surface area (Å²) in [5.41, 5.74) is -1.34. The second kappa shape index (κ2) is 15.3. The molecule has 13 heteroatoms. The summed E-state index contributed by atoms with van der Waals surface area (Å²) in [5.74, 6) is -2.66. The summed E-state index contributed by atoms with van der Waals surface area (Å²) in [5, 5.41) is 7.74. The molecule has 2 aromatic carbocycles. The van der Waals surface area contributed by atoms with Crippen molar-refractivity contribution in [3.8, 4) is 0 Å². The molecule has 3 amide bonds. The molecule has 45 heavy (non-hydrogen) atoms. The van der Waals surface area contributed by atoms with Crippen LogP contribution in [-0.4, -0.2) is 63.8 Å². The average molecular weight is 626 g/mol. The molecule has 1 unspecified atom stereocenters. The first-order valence-electron chi connectivity index (χ1n) is 14.4. The Morgan fingerprint density at radius 1 is 0.978 bits per heavy atom. The molecular formula is C32H40FN5O7. The highest BCUT2D eigenvalue weighted by atomic mass is 19.1. The molecule has 0 radical (unpaired) electrons. The van der Waals surface area contributed by atoms with Crippen molar-refractivity contribution in [2.45, 2.75) is 71.4 Å². The maximum absolute atomic E-state index is 14.7. The smallest absolute Gasteiger partial charge is 0.408 e. The van der Waals surface area contributed by atoms with Gasteiger partial charge in [-0.15, -0.1) is 0 Å². The SMILES string of the molecule is CCOC(=O)C(c1ccccc1F)n1cnc(NC(=O)[C@@H](COCc2ccccc2)NC(=O)C(C)(C)NC(=O)OC(C)(C)C)c1. The zero-order chi connectivity index (χ0) is 33.2. The number of nitrogens with one attached hydrogen (secondary N) is 3. The molecule has 242 valence electrons. The molecular weight excluding hydrogens is 585 g/mol. The van der Waals surface area contributed by atoms with E-state index in [1.807, 2.05) is 30.3 Å². The molecule has 0 aliphatic heterocycles. The molecule has 0 aliphatic carbocycles. The van der Waals surface area contributed by atoms with Crippen LogP contribution in [0.25, 0.3) is 0 Å². The predicted molar refractivity (Wildman–Crippen MR) is 164 cm³/mol. The summed E-state index contributed by atoms with van der Waals surface area (Å²) in [7, 11) is 0. The van der Waals surface area contributed by atoms with E-state index in [1.165, 1.54) is 49.1 Å². The van der Waals surface area contributed by atoms with E-state index in [2.05, 4.69) is 20.9 Å². The van der Waals surface area contributed by atoms with Crippen molar-refractivity contribution in [2.24, 2.45) is 0 Å². The van der Waals surface area contributed by atoms with Crippen LogP contribution in [-0.2, 0) is 35.2 Å². The molecule has 0 saturated carbocycles. The molecule has 0 aliphatic rings. The summed E-state index contributed by atoms with van der Waals surface area (Å²) in [6.45, 7) is 9.65. The van der Waals surface area contributed by atoms with Crippen LogP contribution >= 0.6 is 0 Å². The Balaban J connectivity index is 1.79. The van der Waals surface area contributed by atoms with Gasteiger partial charge in [0, 0.05) is 11.8 Å². The van der Waals surface area contributed by atoms with Crippen LogP contribution in [0.4, 0.5) is 15.0 Å². The zero-order valence-electron chi connectivity index (χ0n) is 26.3. The fourth-order valence-corrected chi connectivity index (χ4v) is 4.09. The number of hydrogen-bond donors (Lipinski definition) is 3. The Kier molecular flexibility index (Phi) is 11.8. The minimum Gasteiger partial charge on any atom is -0.464 e. The van der Waals surface area contributed by atoms with Gasteiger partial charge in [0.15, 0.2) is 11.9 Å². The number of imidazole rings is 1. The number of rotatable bonds is 13. The highest BCUT2D eigenvalue weighted by Crippen LogP contribution is 2.24. The van der Waals surface area contributed by atoms with Gasteiger partial charge in [0.25, 0.3) is 5.91 Å². The summed E-state index contributed by atoms with van der Waals surface area (Å²) < 4.78 is 32.2. The quantitative estimate of drug-likeness (QED) is 0.240. The van der Waals surface area contributed by atoms with Crippen molar-refractivity contribution in [1.82, 2.24) is 20.2 Å². The number of ether oxygens (including phenoxy) is 3. The lowest BCUT2D eigenvalue weighted by molar-refractivity contribution is -0.145. The molecule has 1 aromatic heterocycles. The highest BCUT2D eigenvalue weighted by Gasteiger charge is 2.35. The predicted octanol–water partition coefficient (Wildman–Crippen LogP) is 4.12. The van der Waals surface area contributed by atoms with Gasteiger partial charge in [-0.1, -0.05) is 48.5 Å². The number of esters is 1. The number of carbonyl (C=O) groups excluding carboxylic acids is 4. The Morgan fingerprint density at radius 2 is 1.64 bits per heavy atom. The molecule has 3 rings (SSSR count). The van der Waals surface area contributed by atoms with E-state index in [1.54, 1.807) is 33.8 Å². The van der Waals surface area contributed by atoms with Crippen LogP contribution < -0.4 is 16.0 Å². The number of carbonyl (C=O) groups is 4. The maximum Gasteiger partial charge on any atom is 0.408 e. The molecule has 12 nitrogen and oxygen atoms in total. The first-order chi connectivity index (χ1) is 21.2. The normalized spacial score (nSPS) is 12.9. The molecule has 1 heterocycles. The fourth-order valence-electron chi connectivity index (χ4n) is 4.09. The van der Waals surface area contributed by atoms with Crippen molar-refractivity contribution in [3.63, 3.8) is 0 Å². The minimum atomic E-state index is -1.46. The summed E-state index contributed by atoms with van der Waals surface area (Å²) in [4.78, 5) is 56.0. The van der Waals surface area contributed by atoms with Crippen LogP contribution in [0.1, 0.15) is 58.7 Å². The van der Waals surface area contributed by atoms with Crippen molar-refractivity contribution in [3.05, 3.63) is 84.1 Å². The van der Waals surface area contributed by atoms with Crippen molar-refractivity contribution in [2.75, 3.05) is 18.5 Å². The monoisotopic (exact) mass is 625 g/mol. The van der Waals surface area contributed by atoms with Gasteiger partial charge >= 0.3 is 12.1 Å². The van der Waals surface area contributed by atoms with Gasteiger partial charge in [0.05, 0.1) is 26.1 Å². The highest BCUT2D eigenvalue weighted by molar-refractivity contribution is 5.98. The topological polar surface area (TPSA) is 150 Å². The van der Waals surface area contributed by atoms with Gasteiger partial charge in [-0.25, -0.2) is 19.0 Å². The minimum absolute atomic E-state index is 0.0269. The van der Waals surface area contributed by atoms with E-state index in [9.17, 15) is 23.6 Å². The molecule has 0 saturated heterocycles. The van der Waals surface area contributed by atoms with E-state index >= 15 is 0 Å². The number of hydrogen-bond acceptors (Lipinski definition) is 8. The van der Waals surface area contributed by atoms with E-state index in [0.29, 0.717) is 0 Å². The summed E-state index contributed by atoms with van der Waals surface area (Å²) in [6, 6.07) is 12.6. The van der Waals surface area contributed by atoms with Crippen molar-refractivity contribution >= 4 is 29.7 Å². The lowest BCUT2D eigenvalue weighted by atomic mass is 10.0. The van der Waals surface area contributed by atoms with Crippen LogP contribution in [0.15, 0.2) is 67.1 Å². The van der Waals surface area contributed by atoms with Crippen molar-refractivity contribution in [1.29, 1.82) is 0 Å². The number of anilines is 1. The van der Waals surface area contributed by atoms with Gasteiger partial charge in [-0.2, -0.15) is 0 Å². The van der Waals surface area contributed by atoms with Gasteiger partial charge in [0.2, 0.25) is 5.91 Å². The molecule has 0 spiro atoms. The molecule has 0 bridgehead atoms. The van der Waals surface area contributed by atoms with E-state index in [-0.39, 0.29) is 31.2 Å². The van der Waals surface area contributed by atoms with E-state index in [0.717, 1.165) is 5.56 Å². The molecule has 3 N–H and O–H groups in total. The zero-order valence-corrected chi connectivity index (χ0v) is 26.3. The first-order valence-corrected chi connectivity index (χ1v) is 14.4. The van der Waals surface area contributed by atoms with Crippen molar-refractivity contribution < 1.29 is 37.8 Å². The summed E-state index contributed by atoms with van der Waals surface area (Å²) in [6.07, 6.45) is 1.81. The van der Waals surface area contributed by atoms with Crippen LogP contribution in [0.3, 0.4) is 0 Å². The van der Waals surface area contributed by atoms with Gasteiger partial charge in [-0.3, -0.25) is 9.59 Å². The third kappa shape index (κ3) is 10.4. The number of aromatic nitrogens is 2. The molecule has 2 atom stereocenters. The lowest BCUT2D eigenvalue weighted by Crippen LogP contribution is -2.59. The number of alkyl carbamates (subject to hydrolysis) is 1. The number of amides is 3. The van der Waals surface area contributed by atoms with Gasteiger partial charge in [0.1, 0.15) is 23.0 Å². The molecule has 0 fully saturated rings. The van der Waals surface area contributed by atoms with Gasteiger partial charge < -0.3 is 34.7 Å². The van der Waals surface area contributed by atoms with Crippen LogP contribution in [0.5, 0.6) is 0 Å². The Morgan fingerprint density at radius 3 is 2.29 bits per heavy atom. The van der Waals surface area contributed by atoms with Crippen LogP contribution in [0, 0.1) is 5.82 Å². The van der Waals surface area contributed by atoms with E-state index < -0.39 is 52.9 Å². The second-order valence-corrected chi connectivity index (χ2v) is 11.7. The average Bonchev–Trinajstić information content (AvgIpc) is 3.40. The third-order valence-electron chi connectivity index (χ3n) is 6.26. The molecule has 3 aromatic rings. The Labute approximate surface area is 261 Å². The second-order valence-electron chi connectivity index (χ2n) is 11.7. The standard InChI is InChI=1S/C32H40FN5O7/c1-7-44-28(40)26(22-15-11-12-16-23(22)33)38-17-25(34-20-38)36-27(39)24(19-43-18-21-13-9-8-10-14-21)35-29(41)32(5,6)37-30(42)45-31(2,3)4/h8-17,20,24,26H,7,18-19H2,1-6H3,(H,35,41)(H,36,39)(H,37,42)/t24-,26?/m1/s1. The Bertz CT molecular complexity index is 1470. The maximum atomic E-state index is 14.7. The summed E-state index contributed by atoms with van der Waals surface area (Å²) >= 11 is 0. The van der Waals surface area contributed by atoms with E-state index in [4.69, 9.17) is 14.2 Å². The number of nitrogens with zero attached hydrogens (tertiary/aromatic N) is 2. The van der Waals surface area contributed by atoms with Crippen LogP contribution in [0.2, 0.25) is 0 Å². The Hall–Kier alpha value is -4.78.